The molecule has 0 aliphatic carbocycles. The van der Waals surface area contributed by atoms with Gasteiger partial charge in [0.1, 0.15) is 17.2 Å². The van der Waals surface area contributed by atoms with Gasteiger partial charge in [-0.25, -0.2) is 17.9 Å². The zero-order valence-electron chi connectivity index (χ0n) is 19.7. The molecule has 0 fully saturated rings. The van der Waals surface area contributed by atoms with Crippen LogP contribution in [-0.2, 0) is 30.4 Å². The molecule has 184 valence electrons. The Balaban J connectivity index is 2.12. The molecule has 0 spiro atoms. The Morgan fingerprint density at radius 1 is 1.20 bits per heavy atom. The Morgan fingerprint density at radius 3 is 2.40 bits per heavy atom. The number of hydrogen-bond donors (Lipinski definition) is 1. The van der Waals surface area contributed by atoms with Crippen LogP contribution >= 0.6 is 11.6 Å². The average Bonchev–Trinajstić information content (AvgIpc) is 3.24. The van der Waals surface area contributed by atoms with Gasteiger partial charge in [0.2, 0.25) is 11.7 Å². The van der Waals surface area contributed by atoms with E-state index in [4.69, 9.17) is 22.8 Å². The first-order chi connectivity index (χ1) is 16.3. The first kappa shape index (κ1) is 26.2. The quantitative estimate of drug-likeness (QED) is 0.284. The lowest BCUT2D eigenvalue weighted by Gasteiger charge is -2.15. The van der Waals surface area contributed by atoms with Crippen LogP contribution in [0.4, 0.5) is 0 Å². The van der Waals surface area contributed by atoms with Crippen LogP contribution in [0.5, 0.6) is 5.88 Å². The lowest BCUT2D eigenvalue weighted by Crippen LogP contribution is -2.16. The number of sulfone groups is 1. The molecule has 10 nitrogen and oxygen atoms in total. The van der Waals surface area contributed by atoms with Gasteiger partial charge in [-0.05, 0) is 31.5 Å². The molecular weight excluding hydrogens is 496 g/mol. The van der Waals surface area contributed by atoms with Gasteiger partial charge in [0.25, 0.3) is 0 Å². The number of ether oxygens (including phenoxy) is 1. The molecule has 35 heavy (non-hydrogen) atoms. The van der Waals surface area contributed by atoms with Crippen molar-refractivity contribution in [1.82, 2.24) is 19.6 Å². The molecule has 0 aliphatic heterocycles. The van der Waals surface area contributed by atoms with Gasteiger partial charge in [-0.2, -0.15) is 10.2 Å². The van der Waals surface area contributed by atoms with Gasteiger partial charge in [-0.3, -0.25) is 9.48 Å². The Labute approximate surface area is 207 Å². The number of aliphatic hydroxyl groups excluding tert-OH is 1. The summed E-state index contributed by atoms with van der Waals surface area (Å²) in [6.45, 7) is 3.20. The second-order valence-electron chi connectivity index (χ2n) is 7.97. The van der Waals surface area contributed by atoms with Crippen molar-refractivity contribution in [3.63, 3.8) is 0 Å². The molecule has 0 radical (unpaired) electrons. The first-order valence-electron chi connectivity index (χ1n) is 10.2. The normalized spacial score (nSPS) is 12.3. The Kier molecular flexibility index (Phi) is 7.21. The van der Waals surface area contributed by atoms with Crippen LogP contribution in [0, 0.1) is 26.2 Å². The second-order valence-corrected chi connectivity index (χ2v) is 10.3. The van der Waals surface area contributed by atoms with Gasteiger partial charge >= 0.3 is 5.97 Å². The fourth-order valence-electron chi connectivity index (χ4n) is 3.66. The molecular formula is C23H23ClN4O6S. The van der Waals surface area contributed by atoms with E-state index in [0.717, 1.165) is 6.26 Å². The highest BCUT2D eigenvalue weighted by Crippen LogP contribution is 2.33. The largest absolute Gasteiger partial charge is 0.403 e. The van der Waals surface area contributed by atoms with E-state index in [1.807, 2.05) is 0 Å². The zero-order chi connectivity index (χ0) is 26.2. The minimum Gasteiger partial charge on any atom is -0.403 e. The molecule has 1 atom stereocenters. The van der Waals surface area contributed by atoms with Gasteiger partial charge in [0.05, 0.1) is 21.3 Å². The predicted octanol–water partition coefficient (Wildman–Crippen LogP) is 1.81. The van der Waals surface area contributed by atoms with Crippen LogP contribution < -0.4 is 4.74 Å². The number of nitrogens with zero attached hydrogens (tertiary/aromatic N) is 4. The van der Waals surface area contributed by atoms with E-state index in [1.54, 1.807) is 20.9 Å². The number of carbonyl (C=O) groups excluding carboxylic acids is 2. The summed E-state index contributed by atoms with van der Waals surface area (Å²) in [5.74, 6) is 0.605. The minimum atomic E-state index is -3.75. The summed E-state index contributed by atoms with van der Waals surface area (Å²) in [5.41, 5.74) is 0.837. The van der Waals surface area contributed by atoms with Crippen LogP contribution in [0.15, 0.2) is 23.2 Å². The molecule has 2 heterocycles. The van der Waals surface area contributed by atoms with Crippen molar-refractivity contribution < 1.29 is 27.9 Å². The molecule has 3 aromatic rings. The van der Waals surface area contributed by atoms with Crippen molar-refractivity contribution >= 4 is 33.2 Å². The fraction of sp³-hybridized carbons (Fsp3) is 0.304. The summed E-state index contributed by atoms with van der Waals surface area (Å²) in [6, 6.07) is 2.49. The summed E-state index contributed by atoms with van der Waals surface area (Å²) in [5, 5.41) is 18.1. The second kappa shape index (κ2) is 9.65. The molecule has 2 aromatic heterocycles. The summed E-state index contributed by atoms with van der Waals surface area (Å²) < 4.78 is 32.8. The molecule has 0 aliphatic rings. The van der Waals surface area contributed by atoms with Crippen LogP contribution in [0.1, 0.15) is 43.2 Å². The van der Waals surface area contributed by atoms with Crippen molar-refractivity contribution in [2.45, 2.75) is 31.3 Å². The van der Waals surface area contributed by atoms with Gasteiger partial charge < -0.3 is 9.84 Å². The number of terminal acetylenes is 1. The van der Waals surface area contributed by atoms with E-state index >= 15 is 0 Å². The first-order valence-corrected chi connectivity index (χ1v) is 12.5. The molecule has 12 heteroatoms. The highest BCUT2D eigenvalue weighted by atomic mass is 35.5. The summed E-state index contributed by atoms with van der Waals surface area (Å²) in [4.78, 5) is 26.2. The lowest BCUT2D eigenvalue weighted by atomic mass is 9.98. The number of aliphatic hydroxyl groups is 1. The van der Waals surface area contributed by atoms with Gasteiger partial charge in [0.15, 0.2) is 9.84 Å². The molecule has 1 aromatic carbocycles. The number of aryl methyl sites for hydroxylation is 4. The van der Waals surface area contributed by atoms with Crippen LogP contribution in [0.3, 0.4) is 0 Å². The molecule has 0 saturated heterocycles. The monoisotopic (exact) mass is 518 g/mol. The number of esters is 1. The third-order valence-electron chi connectivity index (χ3n) is 5.25. The van der Waals surface area contributed by atoms with E-state index in [2.05, 4.69) is 16.1 Å². The van der Waals surface area contributed by atoms with Crippen LogP contribution in [0.25, 0.3) is 0 Å². The van der Waals surface area contributed by atoms with Crippen LogP contribution in [0.2, 0.25) is 5.02 Å². The van der Waals surface area contributed by atoms with Gasteiger partial charge in [-0.1, -0.05) is 17.5 Å². The molecule has 0 saturated carbocycles. The van der Waals surface area contributed by atoms with Crippen LogP contribution in [-0.4, -0.2) is 57.2 Å². The van der Waals surface area contributed by atoms with Gasteiger partial charge in [-0.15, -0.1) is 6.42 Å². The zero-order valence-corrected chi connectivity index (χ0v) is 21.2. The standard InChI is InChI=1S/C23H23ClN4O6S/c1-7-14(29)10-16-18(35(6,32)33)9-8-15(20(16)24)21(30)19-13(3)26-28(5)22(19)34-23(31)17-11-27(4)25-12(17)2/h1,8-9,11,14,29H,10H2,2-6H3. The van der Waals surface area contributed by atoms with E-state index < -0.39 is 27.7 Å². The maximum atomic E-state index is 13.6. The Hall–Kier alpha value is -3.46. The summed E-state index contributed by atoms with van der Waals surface area (Å²) in [7, 11) is -0.585. The van der Waals surface area contributed by atoms with Crippen molar-refractivity contribution in [3.8, 4) is 18.2 Å². The molecule has 3 rings (SSSR count). The van der Waals surface area contributed by atoms with Crippen molar-refractivity contribution in [1.29, 1.82) is 0 Å². The molecule has 1 N–H and O–H groups in total. The molecule has 0 bridgehead atoms. The molecule has 1 unspecified atom stereocenters. The number of ketones is 1. The number of carbonyl (C=O) groups is 2. The Bertz CT molecular complexity index is 1500. The number of aromatic nitrogens is 4. The molecule has 0 amide bonds. The fourth-order valence-corrected chi connectivity index (χ4v) is 4.99. The highest BCUT2D eigenvalue weighted by molar-refractivity contribution is 7.90. The number of hydrogen-bond acceptors (Lipinski definition) is 8. The lowest BCUT2D eigenvalue weighted by molar-refractivity contribution is 0.0717. The highest BCUT2D eigenvalue weighted by Gasteiger charge is 2.30. The summed E-state index contributed by atoms with van der Waals surface area (Å²) >= 11 is 6.49. The predicted molar refractivity (Wildman–Crippen MR) is 127 cm³/mol. The Morgan fingerprint density at radius 2 is 1.86 bits per heavy atom. The van der Waals surface area contributed by atoms with E-state index in [0.29, 0.717) is 5.69 Å². The van der Waals surface area contributed by atoms with Crippen molar-refractivity contribution in [3.05, 3.63) is 57.0 Å². The van der Waals surface area contributed by atoms with E-state index in [9.17, 15) is 23.1 Å². The number of benzene rings is 1. The van der Waals surface area contributed by atoms with Crippen molar-refractivity contribution in [2.24, 2.45) is 14.1 Å². The third kappa shape index (κ3) is 5.14. The maximum absolute atomic E-state index is 13.6. The van der Waals surface area contributed by atoms with E-state index in [-0.39, 0.29) is 50.2 Å². The minimum absolute atomic E-state index is 0.0107. The maximum Gasteiger partial charge on any atom is 0.348 e. The van der Waals surface area contributed by atoms with Crippen molar-refractivity contribution in [2.75, 3.05) is 6.26 Å². The SMILES string of the molecule is C#CC(O)Cc1c(S(C)(=O)=O)ccc(C(=O)c2c(C)nn(C)c2OC(=O)c2cn(C)nc2C)c1Cl. The van der Waals surface area contributed by atoms with Gasteiger partial charge in [0, 0.05) is 38.5 Å². The topological polar surface area (TPSA) is 133 Å². The summed E-state index contributed by atoms with van der Waals surface area (Å²) in [6.07, 6.45) is 6.11. The average molecular weight is 519 g/mol. The van der Waals surface area contributed by atoms with E-state index in [1.165, 1.54) is 34.7 Å². The number of rotatable bonds is 7. The third-order valence-corrected chi connectivity index (χ3v) is 6.87. The number of halogens is 1. The smallest absolute Gasteiger partial charge is 0.348 e.